The summed E-state index contributed by atoms with van der Waals surface area (Å²) in [7, 11) is 0. The third-order valence-electron chi connectivity index (χ3n) is 3.17. The highest BCUT2D eigenvalue weighted by Crippen LogP contribution is 2.28. The molecule has 0 bridgehead atoms. The Labute approximate surface area is 119 Å². The molecule has 6 heteroatoms. The van der Waals surface area contributed by atoms with Crippen molar-refractivity contribution < 1.29 is 9.26 Å². The van der Waals surface area contributed by atoms with Crippen LogP contribution in [-0.4, -0.2) is 29.9 Å². The van der Waals surface area contributed by atoms with Crippen molar-refractivity contribution in [1.82, 2.24) is 15.5 Å². The first kappa shape index (κ1) is 12.8. The molecule has 1 N–H and O–H groups in total. The van der Waals surface area contributed by atoms with Gasteiger partial charge >= 0.3 is 0 Å². The maximum atomic E-state index is 5.40. The molecule has 100 valence electrons. The number of hydrogen-bond donors (Lipinski definition) is 1. The van der Waals surface area contributed by atoms with Crippen molar-refractivity contribution in [2.24, 2.45) is 0 Å². The van der Waals surface area contributed by atoms with Crippen LogP contribution in [0.5, 0.6) is 0 Å². The molecule has 19 heavy (non-hydrogen) atoms. The fourth-order valence-electron chi connectivity index (χ4n) is 2.06. The van der Waals surface area contributed by atoms with Crippen LogP contribution in [0.25, 0.3) is 11.5 Å². The first-order valence-electron chi connectivity index (χ1n) is 6.16. The smallest absolute Gasteiger partial charge is 0.258 e. The topological polar surface area (TPSA) is 60.2 Å². The molecule has 0 saturated carbocycles. The zero-order chi connectivity index (χ0) is 13.2. The molecule has 1 aromatic heterocycles. The second-order valence-corrected chi connectivity index (χ2v) is 5.31. The van der Waals surface area contributed by atoms with E-state index in [2.05, 4.69) is 31.4 Å². The first-order chi connectivity index (χ1) is 9.25. The first-order valence-corrected chi connectivity index (χ1v) is 6.95. The number of hydrogen-bond acceptors (Lipinski definition) is 5. The molecule has 1 aliphatic rings. The zero-order valence-corrected chi connectivity index (χ0v) is 12.1. The summed E-state index contributed by atoms with van der Waals surface area (Å²) in [4.78, 5) is 4.46. The van der Waals surface area contributed by atoms with Gasteiger partial charge in [0.1, 0.15) is 0 Å². The number of nitrogens with one attached hydrogen (secondary N) is 1. The number of halogens is 1. The Morgan fingerprint density at radius 2 is 2.32 bits per heavy atom. The molecule has 1 unspecified atom stereocenters. The van der Waals surface area contributed by atoms with Gasteiger partial charge in [0.15, 0.2) is 5.82 Å². The van der Waals surface area contributed by atoms with Gasteiger partial charge in [0.2, 0.25) is 0 Å². The van der Waals surface area contributed by atoms with Gasteiger partial charge in [0.25, 0.3) is 5.89 Å². The van der Waals surface area contributed by atoms with E-state index < -0.39 is 0 Å². The highest BCUT2D eigenvalue weighted by atomic mass is 79.9. The van der Waals surface area contributed by atoms with Gasteiger partial charge in [-0.3, -0.25) is 0 Å². The summed E-state index contributed by atoms with van der Waals surface area (Å²) in [5.41, 5.74) is 2.04. The fraction of sp³-hybridized carbons (Fsp3) is 0.385. The van der Waals surface area contributed by atoms with Crippen molar-refractivity contribution in [2.45, 2.75) is 13.0 Å². The number of benzene rings is 1. The summed E-state index contributed by atoms with van der Waals surface area (Å²) in [5, 5.41) is 7.35. The second-order valence-electron chi connectivity index (χ2n) is 4.45. The van der Waals surface area contributed by atoms with Crippen molar-refractivity contribution >= 4 is 15.9 Å². The molecule has 0 aliphatic carbocycles. The lowest BCUT2D eigenvalue weighted by Gasteiger charge is -2.20. The molecule has 5 nitrogen and oxygen atoms in total. The van der Waals surface area contributed by atoms with Crippen molar-refractivity contribution in [2.75, 3.05) is 19.8 Å². The number of ether oxygens (including phenoxy) is 1. The average Bonchev–Trinajstić information content (AvgIpc) is 2.92. The van der Waals surface area contributed by atoms with Gasteiger partial charge in [-0.1, -0.05) is 27.2 Å². The van der Waals surface area contributed by atoms with E-state index in [4.69, 9.17) is 9.26 Å². The summed E-state index contributed by atoms with van der Waals surface area (Å²) in [6.07, 6.45) is 0. The van der Waals surface area contributed by atoms with E-state index in [1.165, 1.54) is 0 Å². The maximum Gasteiger partial charge on any atom is 0.258 e. The molecule has 0 radical (unpaired) electrons. The van der Waals surface area contributed by atoms with Crippen molar-refractivity contribution in [1.29, 1.82) is 0 Å². The lowest BCUT2D eigenvalue weighted by atomic mass is 10.1. The van der Waals surface area contributed by atoms with Gasteiger partial charge < -0.3 is 14.6 Å². The maximum absolute atomic E-state index is 5.40. The number of rotatable bonds is 2. The molecule has 0 spiro atoms. The van der Waals surface area contributed by atoms with Crippen LogP contribution in [0.2, 0.25) is 0 Å². The second kappa shape index (κ2) is 5.40. The van der Waals surface area contributed by atoms with E-state index in [0.717, 1.165) is 28.8 Å². The molecule has 1 fully saturated rings. The predicted molar refractivity (Wildman–Crippen MR) is 73.7 cm³/mol. The summed E-state index contributed by atoms with van der Waals surface area (Å²) >= 11 is 3.50. The largest absolute Gasteiger partial charge is 0.378 e. The molecule has 2 heterocycles. The van der Waals surface area contributed by atoms with Gasteiger partial charge in [-0.2, -0.15) is 4.98 Å². The van der Waals surface area contributed by atoms with E-state index in [9.17, 15) is 0 Å². The minimum atomic E-state index is 0.0127. The molecule has 1 atom stereocenters. The standard InChI is InChI=1S/C13H14BrN3O2/c1-8-9(3-2-4-10(8)14)13-16-12(17-19-13)11-7-18-6-5-15-11/h2-4,11,15H,5-7H2,1H3. The van der Waals surface area contributed by atoms with Gasteiger partial charge in [-0.15, -0.1) is 0 Å². The van der Waals surface area contributed by atoms with Crippen LogP contribution in [0.15, 0.2) is 27.2 Å². The lowest BCUT2D eigenvalue weighted by molar-refractivity contribution is 0.0734. The Hall–Kier alpha value is -1.24. The van der Waals surface area contributed by atoms with Crippen LogP contribution in [0.1, 0.15) is 17.4 Å². The molecule has 3 rings (SSSR count). The molecule has 1 aromatic carbocycles. The summed E-state index contributed by atoms with van der Waals surface area (Å²) in [6.45, 7) is 4.14. The van der Waals surface area contributed by atoms with E-state index >= 15 is 0 Å². The minimum Gasteiger partial charge on any atom is -0.378 e. The fourth-order valence-corrected chi connectivity index (χ4v) is 2.42. The quantitative estimate of drug-likeness (QED) is 0.920. The highest BCUT2D eigenvalue weighted by molar-refractivity contribution is 9.10. The third-order valence-corrected chi connectivity index (χ3v) is 4.03. The van der Waals surface area contributed by atoms with Gasteiger partial charge in [0.05, 0.1) is 19.3 Å². The van der Waals surface area contributed by atoms with Crippen LogP contribution in [0.4, 0.5) is 0 Å². The van der Waals surface area contributed by atoms with Gasteiger partial charge in [-0.25, -0.2) is 0 Å². The minimum absolute atomic E-state index is 0.0127. The van der Waals surface area contributed by atoms with Crippen molar-refractivity contribution in [3.8, 4) is 11.5 Å². The van der Waals surface area contributed by atoms with Crippen LogP contribution in [0.3, 0.4) is 0 Å². The number of aromatic nitrogens is 2. The van der Waals surface area contributed by atoms with Crippen LogP contribution < -0.4 is 5.32 Å². The molecule has 1 aliphatic heterocycles. The van der Waals surface area contributed by atoms with Crippen molar-refractivity contribution in [3.05, 3.63) is 34.1 Å². The number of morpholine rings is 1. The van der Waals surface area contributed by atoms with Crippen molar-refractivity contribution in [3.63, 3.8) is 0 Å². The van der Waals surface area contributed by atoms with E-state index in [1.807, 2.05) is 25.1 Å². The summed E-state index contributed by atoms with van der Waals surface area (Å²) in [5.74, 6) is 1.19. The Bertz CT molecular complexity index is 579. The zero-order valence-electron chi connectivity index (χ0n) is 10.5. The Balaban J connectivity index is 1.90. The van der Waals surface area contributed by atoms with Gasteiger partial charge in [-0.05, 0) is 24.6 Å². The molecular formula is C13H14BrN3O2. The monoisotopic (exact) mass is 323 g/mol. The SMILES string of the molecule is Cc1c(Br)cccc1-c1nc(C2COCCN2)no1. The summed E-state index contributed by atoms with van der Waals surface area (Å²) in [6, 6.07) is 5.94. The van der Waals surface area contributed by atoms with Crippen LogP contribution in [0, 0.1) is 6.92 Å². The average molecular weight is 324 g/mol. The lowest BCUT2D eigenvalue weighted by Crippen LogP contribution is -2.35. The normalized spacial score (nSPS) is 19.6. The van der Waals surface area contributed by atoms with Crippen LogP contribution >= 0.6 is 15.9 Å². The molecular weight excluding hydrogens is 310 g/mol. The van der Waals surface area contributed by atoms with E-state index in [-0.39, 0.29) is 6.04 Å². The Morgan fingerprint density at radius 1 is 1.42 bits per heavy atom. The Morgan fingerprint density at radius 3 is 3.11 bits per heavy atom. The molecule has 2 aromatic rings. The highest BCUT2D eigenvalue weighted by Gasteiger charge is 2.22. The number of nitrogens with zero attached hydrogens (tertiary/aromatic N) is 2. The Kier molecular flexibility index (Phi) is 3.63. The predicted octanol–water partition coefficient (Wildman–Crippen LogP) is 2.47. The van der Waals surface area contributed by atoms with E-state index in [0.29, 0.717) is 18.3 Å². The summed E-state index contributed by atoms with van der Waals surface area (Å²) < 4.78 is 11.8. The van der Waals surface area contributed by atoms with Gasteiger partial charge in [0, 0.05) is 16.6 Å². The van der Waals surface area contributed by atoms with E-state index in [1.54, 1.807) is 0 Å². The molecule has 1 saturated heterocycles. The molecule has 0 amide bonds. The van der Waals surface area contributed by atoms with Crippen LogP contribution in [-0.2, 0) is 4.74 Å². The third kappa shape index (κ3) is 2.56.